The van der Waals surface area contributed by atoms with Gasteiger partial charge in [-0.1, -0.05) is 29.3 Å². The molecule has 0 spiro atoms. The van der Waals surface area contributed by atoms with E-state index < -0.39 is 11.9 Å². The van der Waals surface area contributed by atoms with Gasteiger partial charge < -0.3 is 14.8 Å². The van der Waals surface area contributed by atoms with Gasteiger partial charge in [-0.25, -0.2) is 0 Å². The van der Waals surface area contributed by atoms with Gasteiger partial charge in [-0.05, 0) is 42.8 Å². The molecule has 5 nitrogen and oxygen atoms in total. The Morgan fingerprint density at radius 2 is 1.92 bits per heavy atom. The lowest BCUT2D eigenvalue weighted by molar-refractivity contribution is -0.144. The number of nitrogens with one attached hydrogen (secondary N) is 1. The van der Waals surface area contributed by atoms with Crippen LogP contribution in [0.4, 0.5) is 5.69 Å². The molecule has 0 saturated carbocycles. The van der Waals surface area contributed by atoms with Gasteiger partial charge in [0.1, 0.15) is 5.75 Å². The number of halogens is 2. The molecule has 26 heavy (non-hydrogen) atoms. The third-order valence-electron chi connectivity index (χ3n) is 3.23. The highest BCUT2D eigenvalue weighted by Gasteiger charge is 2.12. The van der Waals surface area contributed by atoms with E-state index in [1.54, 1.807) is 30.3 Å². The van der Waals surface area contributed by atoms with Gasteiger partial charge in [0.15, 0.2) is 6.61 Å². The number of hydrogen-bond donors (Lipinski definition) is 1. The van der Waals surface area contributed by atoms with Crippen LogP contribution in [0.25, 0.3) is 0 Å². The number of esters is 1. The lowest BCUT2D eigenvalue weighted by Crippen LogP contribution is -2.22. The summed E-state index contributed by atoms with van der Waals surface area (Å²) in [6.07, 6.45) is 0. The van der Waals surface area contributed by atoms with E-state index in [1.165, 1.54) is 18.9 Å². The SMILES string of the molecule is COc1ccc(C)cc1NC(=O)COC(=O)CSc1cc(Cl)ccc1Cl. The van der Waals surface area contributed by atoms with E-state index in [-0.39, 0.29) is 12.4 Å². The van der Waals surface area contributed by atoms with E-state index in [9.17, 15) is 9.59 Å². The van der Waals surface area contributed by atoms with Crippen LogP contribution in [0, 0.1) is 6.92 Å². The van der Waals surface area contributed by atoms with E-state index in [2.05, 4.69) is 5.32 Å². The number of carbonyl (C=O) groups is 2. The van der Waals surface area contributed by atoms with Gasteiger partial charge >= 0.3 is 5.97 Å². The summed E-state index contributed by atoms with van der Waals surface area (Å²) in [5.41, 5.74) is 1.49. The van der Waals surface area contributed by atoms with Crippen molar-refractivity contribution >= 4 is 52.5 Å². The molecule has 0 aliphatic heterocycles. The molecule has 1 amide bonds. The Labute approximate surface area is 166 Å². The van der Waals surface area contributed by atoms with Gasteiger partial charge in [-0.2, -0.15) is 0 Å². The van der Waals surface area contributed by atoms with Crippen LogP contribution in [-0.4, -0.2) is 31.3 Å². The minimum absolute atomic E-state index is 0.0150. The van der Waals surface area contributed by atoms with Gasteiger partial charge in [-0.3, -0.25) is 9.59 Å². The third kappa shape index (κ3) is 6.12. The summed E-state index contributed by atoms with van der Waals surface area (Å²) in [6.45, 7) is 1.51. The fourth-order valence-electron chi connectivity index (χ4n) is 2.02. The molecule has 0 heterocycles. The third-order valence-corrected chi connectivity index (χ3v) is 4.94. The molecule has 0 atom stereocenters. The number of aryl methyl sites for hydroxylation is 1. The van der Waals surface area contributed by atoms with Crippen LogP contribution in [-0.2, 0) is 14.3 Å². The molecular weight excluding hydrogens is 397 g/mol. The number of rotatable bonds is 7. The molecule has 0 saturated heterocycles. The minimum atomic E-state index is -0.530. The van der Waals surface area contributed by atoms with Crippen molar-refractivity contribution in [3.05, 3.63) is 52.0 Å². The molecule has 0 aliphatic rings. The fraction of sp³-hybridized carbons (Fsp3) is 0.222. The van der Waals surface area contributed by atoms with Crippen molar-refractivity contribution in [2.45, 2.75) is 11.8 Å². The first kappa shape index (κ1) is 20.4. The van der Waals surface area contributed by atoms with Crippen LogP contribution < -0.4 is 10.1 Å². The lowest BCUT2D eigenvalue weighted by Gasteiger charge is -2.11. The quantitative estimate of drug-likeness (QED) is 0.531. The summed E-state index contributed by atoms with van der Waals surface area (Å²) in [5.74, 6) is -0.437. The van der Waals surface area contributed by atoms with Gasteiger partial charge in [0, 0.05) is 9.92 Å². The predicted molar refractivity (Wildman–Crippen MR) is 105 cm³/mol. The Balaban J connectivity index is 1.82. The number of methoxy groups -OCH3 is 1. The Hall–Kier alpha value is -1.89. The van der Waals surface area contributed by atoms with Crippen LogP contribution in [0.1, 0.15) is 5.56 Å². The van der Waals surface area contributed by atoms with E-state index in [0.717, 1.165) is 5.56 Å². The monoisotopic (exact) mass is 413 g/mol. The fourth-order valence-corrected chi connectivity index (χ4v) is 3.31. The molecule has 0 unspecified atom stereocenters. The standard InChI is InChI=1S/C18H17Cl2NO4S/c1-11-3-6-15(24-2)14(7-11)21-17(22)9-25-18(23)10-26-16-8-12(19)4-5-13(16)20/h3-8H,9-10H2,1-2H3,(H,21,22). The number of hydrogen-bond acceptors (Lipinski definition) is 5. The highest BCUT2D eigenvalue weighted by Crippen LogP contribution is 2.30. The van der Waals surface area contributed by atoms with Crippen LogP contribution in [0.3, 0.4) is 0 Å². The van der Waals surface area contributed by atoms with Crippen molar-refractivity contribution in [2.24, 2.45) is 0 Å². The summed E-state index contributed by atoms with van der Waals surface area (Å²) in [4.78, 5) is 24.5. The Bertz CT molecular complexity index is 814. The average molecular weight is 414 g/mol. The van der Waals surface area contributed by atoms with Crippen molar-refractivity contribution in [3.8, 4) is 5.75 Å². The zero-order valence-electron chi connectivity index (χ0n) is 14.2. The number of ether oxygens (including phenoxy) is 2. The molecule has 0 bridgehead atoms. The molecule has 0 fully saturated rings. The van der Waals surface area contributed by atoms with Gasteiger partial charge in [0.05, 0.1) is 23.6 Å². The lowest BCUT2D eigenvalue weighted by atomic mass is 10.2. The van der Waals surface area contributed by atoms with Crippen LogP contribution in [0.2, 0.25) is 10.0 Å². The number of benzene rings is 2. The summed E-state index contributed by atoms with van der Waals surface area (Å²) >= 11 is 13.1. The topological polar surface area (TPSA) is 64.6 Å². The normalized spacial score (nSPS) is 10.3. The average Bonchev–Trinajstić information content (AvgIpc) is 2.61. The number of thioether (sulfide) groups is 1. The van der Waals surface area contributed by atoms with E-state index in [1.807, 2.05) is 13.0 Å². The molecule has 0 radical (unpaired) electrons. The number of amides is 1. The first-order valence-corrected chi connectivity index (χ1v) is 9.31. The smallest absolute Gasteiger partial charge is 0.316 e. The zero-order valence-corrected chi connectivity index (χ0v) is 16.5. The van der Waals surface area contributed by atoms with Crippen molar-refractivity contribution in [1.82, 2.24) is 0 Å². The van der Waals surface area contributed by atoms with Crippen LogP contribution >= 0.6 is 35.0 Å². The molecule has 2 aromatic carbocycles. The second kappa shape index (κ2) is 9.71. The number of anilines is 1. The highest BCUT2D eigenvalue weighted by atomic mass is 35.5. The maximum absolute atomic E-state index is 12.0. The van der Waals surface area contributed by atoms with Crippen molar-refractivity contribution in [3.63, 3.8) is 0 Å². The zero-order chi connectivity index (χ0) is 19.1. The largest absolute Gasteiger partial charge is 0.495 e. The first-order chi connectivity index (χ1) is 12.4. The first-order valence-electron chi connectivity index (χ1n) is 7.57. The second-order valence-corrected chi connectivity index (χ2v) is 7.14. The summed E-state index contributed by atoms with van der Waals surface area (Å²) in [7, 11) is 1.51. The Morgan fingerprint density at radius 1 is 1.15 bits per heavy atom. The van der Waals surface area contributed by atoms with E-state index in [4.69, 9.17) is 32.7 Å². The number of carbonyl (C=O) groups excluding carboxylic acids is 2. The minimum Gasteiger partial charge on any atom is -0.495 e. The van der Waals surface area contributed by atoms with E-state index >= 15 is 0 Å². The molecule has 2 aromatic rings. The summed E-state index contributed by atoms with van der Waals surface area (Å²) in [5, 5.41) is 3.68. The van der Waals surface area contributed by atoms with Crippen molar-refractivity contribution < 1.29 is 19.1 Å². The van der Waals surface area contributed by atoms with Crippen molar-refractivity contribution in [1.29, 1.82) is 0 Å². The van der Waals surface area contributed by atoms with Gasteiger partial charge in [0.2, 0.25) is 0 Å². The maximum Gasteiger partial charge on any atom is 0.316 e. The molecule has 2 rings (SSSR count). The summed E-state index contributed by atoms with van der Waals surface area (Å²) < 4.78 is 10.2. The Morgan fingerprint density at radius 3 is 2.65 bits per heavy atom. The molecular formula is C18H17Cl2NO4S. The molecule has 1 N–H and O–H groups in total. The molecule has 0 aromatic heterocycles. The van der Waals surface area contributed by atoms with Crippen LogP contribution in [0.5, 0.6) is 5.75 Å². The molecule has 138 valence electrons. The predicted octanol–water partition coefficient (Wildman–Crippen LogP) is 4.58. The van der Waals surface area contributed by atoms with Crippen LogP contribution in [0.15, 0.2) is 41.3 Å². The maximum atomic E-state index is 12.0. The molecule has 8 heteroatoms. The van der Waals surface area contributed by atoms with Gasteiger partial charge in [0.25, 0.3) is 5.91 Å². The Kier molecular flexibility index (Phi) is 7.63. The van der Waals surface area contributed by atoms with E-state index in [0.29, 0.717) is 26.4 Å². The van der Waals surface area contributed by atoms with Crippen molar-refractivity contribution in [2.75, 3.05) is 24.8 Å². The summed E-state index contributed by atoms with van der Waals surface area (Å²) in [6, 6.07) is 10.4. The second-order valence-electron chi connectivity index (χ2n) is 5.28. The van der Waals surface area contributed by atoms with Gasteiger partial charge in [-0.15, -0.1) is 11.8 Å². The highest BCUT2D eigenvalue weighted by molar-refractivity contribution is 8.00. The molecule has 0 aliphatic carbocycles.